The van der Waals surface area contributed by atoms with Crippen molar-refractivity contribution < 1.29 is 0 Å². The van der Waals surface area contributed by atoms with Crippen molar-refractivity contribution in [1.82, 2.24) is 49.0 Å². The number of aryl methyl sites for hydroxylation is 2. The van der Waals surface area contributed by atoms with Crippen molar-refractivity contribution in [3.63, 3.8) is 0 Å². The second kappa shape index (κ2) is 8.63. The molecular formula is C26H20N12S. The van der Waals surface area contributed by atoms with Crippen molar-refractivity contribution in [3.05, 3.63) is 72.1 Å². The zero-order chi connectivity index (χ0) is 26.7. The van der Waals surface area contributed by atoms with Gasteiger partial charge in [-0.2, -0.15) is 23.6 Å². The van der Waals surface area contributed by atoms with Gasteiger partial charge in [0, 0.05) is 0 Å². The molecular weight excluding hydrogens is 512 g/mol. The van der Waals surface area contributed by atoms with Crippen molar-refractivity contribution in [3.8, 4) is 44.5 Å². The third-order valence-electron chi connectivity index (χ3n) is 6.47. The average molecular weight is 533 g/mol. The van der Waals surface area contributed by atoms with Crippen molar-refractivity contribution in [2.75, 3.05) is 11.5 Å². The Labute approximate surface area is 225 Å². The van der Waals surface area contributed by atoms with Gasteiger partial charge in [-0.25, -0.2) is 4.98 Å². The van der Waals surface area contributed by atoms with E-state index in [-0.39, 0.29) is 5.82 Å². The zero-order valence-corrected chi connectivity index (χ0v) is 21.6. The number of rotatable bonds is 4. The number of benzene rings is 2. The van der Waals surface area contributed by atoms with E-state index in [1.807, 2.05) is 74.5 Å². The minimum atomic E-state index is 0.277. The largest absolute Gasteiger partial charge is 0.382 e. The fourth-order valence-corrected chi connectivity index (χ4v) is 5.32. The van der Waals surface area contributed by atoms with E-state index < -0.39 is 0 Å². The molecule has 0 amide bonds. The first-order valence-electron chi connectivity index (χ1n) is 12.0. The SMILES string of the molecule is Cc1nn2c(N)c(-c3nsc(-c4nnc5c(-c6ccccc6)c(C)nn5c4N)n3)nnc2c1-c1ccccc1. The molecule has 0 unspecified atom stereocenters. The highest BCUT2D eigenvalue weighted by Crippen LogP contribution is 2.34. The Bertz CT molecular complexity index is 1860. The smallest absolute Gasteiger partial charge is 0.197 e. The van der Waals surface area contributed by atoms with E-state index in [1.165, 1.54) is 0 Å². The number of nitrogen functional groups attached to an aromatic ring is 2. The minimum Gasteiger partial charge on any atom is -0.382 e. The van der Waals surface area contributed by atoms with Gasteiger partial charge in [-0.3, -0.25) is 0 Å². The lowest BCUT2D eigenvalue weighted by atomic mass is 10.1. The average Bonchev–Trinajstić information content (AvgIpc) is 3.66. The molecule has 5 heterocycles. The Morgan fingerprint density at radius 2 is 1.13 bits per heavy atom. The molecule has 0 aliphatic heterocycles. The molecule has 0 fully saturated rings. The lowest BCUT2D eigenvalue weighted by molar-refractivity contribution is 0.887. The van der Waals surface area contributed by atoms with Crippen molar-refractivity contribution >= 4 is 34.5 Å². The predicted molar refractivity (Wildman–Crippen MR) is 149 cm³/mol. The highest BCUT2D eigenvalue weighted by molar-refractivity contribution is 7.09. The summed E-state index contributed by atoms with van der Waals surface area (Å²) in [4.78, 5) is 4.62. The molecule has 0 bridgehead atoms. The topological polar surface area (TPSA) is 164 Å². The maximum absolute atomic E-state index is 6.51. The summed E-state index contributed by atoms with van der Waals surface area (Å²) >= 11 is 1.11. The molecule has 190 valence electrons. The molecule has 12 nitrogen and oxygen atoms in total. The van der Waals surface area contributed by atoms with Crippen LogP contribution in [-0.2, 0) is 0 Å². The second-order valence-corrected chi connectivity index (χ2v) is 9.67. The molecule has 0 aliphatic rings. The van der Waals surface area contributed by atoms with Crippen LogP contribution in [0.15, 0.2) is 60.7 Å². The van der Waals surface area contributed by atoms with Gasteiger partial charge in [0.25, 0.3) is 0 Å². The third-order valence-corrected chi connectivity index (χ3v) is 7.19. The van der Waals surface area contributed by atoms with Crippen LogP contribution in [0.4, 0.5) is 11.6 Å². The lowest BCUT2D eigenvalue weighted by Gasteiger charge is -2.04. The van der Waals surface area contributed by atoms with E-state index in [4.69, 9.17) is 11.5 Å². The van der Waals surface area contributed by atoms with E-state index >= 15 is 0 Å². The zero-order valence-electron chi connectivity index (χ0n) is 20.8. The van der Waals surface area contributed by atoms with Crippen LogP contribution in [0.2, 0.25) is 0 Å². The van der Waals surface area contributed by atoms with E-state index in [9.17, 15) is 0 Å². The third kappa shape index (κ3) is 3.51. The number of nitrogens with zero attached hydrogens (tertiary/aromatic N) is 10. The first-order valence-corrected chi connectivity index (χ1v) is 12.8. The Hall–Kier alpha value is -5.30. The van der Waals surface area contributed by atoms with Crippen LogP contribution < -0.4 is 11.5 Å². The maximum atomic E-state index is 6.51. The monoisotopic (exact) mass is 532 g/mol. The lowest BCUT2D eigenvalue weighted by Crippen LogP contribution is -2.07. The number of anilines is 2. The Morgan fingerprint density at radius 3 is 1.67 bits per heavy atom. The van der Waals surface area contributed by atoms with E-state index in [1.54, 1.807) is 9.03 Å². The van der Waals surface area contributed by atoms with E-state index in [2.05, 4.69) is 39.9 Å². The maximum Gasteiger partial charge on any atom is 0.197 e. The second-order valence-electron chi connectivity index (χ2n) is 8.91. The summed E-state index contributed by atoms with van der Waals surface area (Å²) in [6.45, 7) is 3.82. The summed E-state index contributed by atoms with van der Waals surface area (Å²) in [5.74, 6) is 0.872. The molecule has 0 spiro atoms. The van der Waals surface area contributed by atoms with Crippen molar-refractivity contribution in [2.24, 2.45) is 0 Å². The minimum absolute atomic E-state index is 0.277. The molecule has 0 saturated carbocycles. The Balaban J connectivity index is 1.30. The molecule has 4 N–H and O–H groups in total. The van der Waals surface area contributed by atoms with Gasteiger partial charge in [-0.05, 0) is 36.5 Å². The summed E-state index contributed by atoms with van der Waals surface area (Å²) in [6, 6.07) is 19.8. The molecule has 0 atom stereocenters. The van der Waals surface area contributed by atoms with Crippen molar-refractivity contribution in [2.45, 2.75) is 13.8 Å². The van der Waals surface area contributed by atoms with Gasteiger partial charge in [0.05, 0.1) is 22.5 Å². The first-order chi connectivity index (χ1) is 19.0. The fraction of sp³-hybridized carbons (Fsp3) is 0.0769. The Morgan fingerprint density at radius 1 is 0.641 bits per heavy atom. The standard InChI is InChI=1S/C26H20N12S/c1-13-17(15-9-5-3-6-10-15)24-32-30-19(21(27)37(24)34-13)23-29-26(39-36-23)20-22(28)38-25(33-31-20)18(14(2)35-38)16-11-7-4-8-12-16/h3-12H,27-28H2,1-2H3. The van der Waals surface area contributed by atoms with Gasteiger partial charge >= 0.3 is 0 Å². The molecule has 13 heteroatoms. The summed E-state index contributed by atoms with van der Waals surface area (Å²) in [7, 11) is 0. The fourth-order valence-electron chi connectivity index (χ4n) is 4.66. The van der Waals surface area contributed by atoms with Gasteiger partial charge in [0.15, 0.2) is 45.1 Å². The highest BCUT2D eigenvalue weighted by Gasteiger charge is 2.23. The first kappa shape index (κ1) is 22.9. The quantitative estimate of drug-likeness (QED) is 0.340. The number of hydrogen-bond acceptors (Lipinski definition) is 11. The van der Waals surface area contributed by atoms with Crippen LogP contribution >= 0.6 is 11.5 Å². The van der Waals surface area contributed by atoms with Crippen LogP contribution in [0.1, 0.15) is 11.4 Å². The number of fused-ring (bicyclic) bond motifs is 2. The molecule has 0 aliphatic carbocycles. The molecule has 5 aromatic heterocycles. The number of aromatic nitrogens is 10. The molecule has 0 radical (unpaired) electrons. The summed E-state index contributed by atoms with van der Waals surface area (Å²) in [6.07, 6.45) is 0. The van der Waals surface area contributed by atoms with Crippen LogP contribution in [0, 0.1) is 13.8 Å². The van der Waals surface area contributed by atoms with Gasteiger partial charge in [-0.15, -0.1) is 20.4 Å². The molecule has 2 aromatic carbocycles. The summed E-state index contributed by atoms with van der Waals surface area (Å²) < 4.78 is 7.61. The van der Waals surface area contributed by atoms with E-state index in [0.717, 1.165) is 45.2 Å². The Kier molecular flexibility index (Phi) is 5.06. The van der Waals surface area contributed by atoms with Crippen molar-refractivity contribution in [1.29, 1.82) is 0 Å². The summed E-state index contributed by atoms with van der Waals surface area (Å²) in [5.41, 5.74) is 20.1. The van der Waals surface area contributed by atoms with Gasteiger partial charge in [0.2, 0.25) is 0 Å². The normalized spacial score (nSPS) is 11.5. The van der Waals surface area contributed by atoms with Crippen LogP contribution in [0.25, 0.3) is 55.8 Å². The van der Waals surface area contributed by atoms with Crippen LogP contribution in [-0.4, -0.2) is 49.0 Å². The van der Waals surface area contributed by atoms with Crippen LogP contribution in [0.3, 0.4) is 0 Å². The summed E-state index contributed by atoms with van der Waals surface area (Å²) in [5, 5.41) is 27.3. The van der Waals surface area contributed by atoms with Gasteiger partial charge < -0.3 is 11.5 Å². The molecule has 7 aromatic rings. The molecule has 0 saturated heterocycles. The van der Waals surface area contributed by atoms with Gasteiger partial charge in [0.1, 0.15) is 0 Å². The number of hydrogen-bond donors (Lipinski definition) is 2. The predicted octanol–water partition coefficient (Wildman–Crippen LogP) is 3.86. The number of nitrogens with two attached hydrogens (primary N) is 2. The van der Waals surface area contributed by atoms with Gasteiger partial charge in [-0.1, -0.05) is 60.7 Å². The molecule has 39 heavy (non-hydrogen) atoms. The van der Waals surface area contributed by atoms with Crippen LogP contribution in [0.5, 0.6) is 0 Å². The van der Waals surface area contributed by atoms with E-state index in [0.29, 0.717) is 39.3 Å². The highest BCUT2D eigenvalue weighted by atomic mass is 32.1. The molecule has 7 rings (SSSR count).